The van der Waals surface area contributed by atoms with Crippen LogP contribution in [-0.4, -0.2) is 37.2 Å². The van der Waals surface area contributed by atoms with Crippen molar-refractivity contribution in [2.24, 2.45) is 0 Å². The molecule has 1 aliphatic rings. The van der Waals surface area contributed by atoms with Gasteiger partial charge in [0.2, 0.25) is 0 Å². The van der Waals surface area contributed by atoms with Crippen molar-refractivity contribution in [3.8, 4) is 0 Å². The molecule has 5 nitrogen and oxygen atoms in total. The minimum absolute atomic E-state index is 0.0812. The van der Waals surface area contributed by atoms with Crippen molar-refractivity contribution in [2.75, 3.05) is 25.6 Å². The van der Waals surface area contributed by atoms with Crippen molar-refractivity contribution in [1.82, 2.24) is 10.3 Å². The highest BCUT2D eigenvalue weighted by atomic mass is 16.5. The molecule has 0 spiro atoms. The summed E-state index contributed by atoms with van der Waals surface area (Å²) in [7, 11) is 1.65. The van der Waals surface area contributed by atoms with Crippen LogP contribution in [0.2, 0.25) is 0 Å². The van der Waals surface area contributed by atoms with Gasteiger partial charge in [0.1, 0.15) is 5.82 Å². The SMILES string of the molecule is COCCCNC(=O)c1cccnc1NC1CC1. The minimum Gasteiger partial charge on any atom is -0.385 e. The second-order valence-corrected chi connectivity index (χ2v) is 4.42. The van der Waals surface area contributed by atoms with Gasteiger partial charge in [-0.05, 0) is 31.4 Å². The summed E-state index contributed by atoms with van der Waals surface area (Å²) in [5.74, 6) is 0.603. The van der Waals surface area contributed by atoms with Crippen LogP contribution in [0.4, 0.5) is 5.82 Å². The summed E-state index contributed by atoms with van der Waals surface area (Å²) in [4.78, 5) is 16.2. The van der Waals surface area contributed by atoms with Crippen molar-refractivity contribution >= 4 is 11.7 Å². The van der Waals surface area contributed by atoms with Gasteiger partial charge in [0.05, 0.1) is 5.56 Å². The lowest BCUT2D eigenvalue weighted by atomic mass is 10.2. The summed E-state index contributed by atoms with van der Waals surface area (Å²) in [5, 5.41) is 6.14. The fraction of sp³-hybridized carbons (Fsp3) is 0.538. The molecular formula is C13H19N3O2. The van der Waals surface area contributed by atoms with E-state index in [9.17, 15) is 4.79 Å². The van der Waals surface area contributed by atoms with E-state index in [2.05, 4.69) is 15.6 Å². The molecule has 1 amide bonds. The largest absolute Gasteiger partial charge is 0.385 e. The van der Waals surface area contributed by atoms with Gasteiger partial charge in [0, 0.05) is 32.5 Å². The monoisotopic (exact) mass is 249 g/mol. The zero-order chi connectivity index (χ0) is 12.8. The topological polar surface area (TPSA) is 63.2 Å². The predicted octanol–water partition coefficient (Wildman–Crippen LogP) is 1.42. The van der Waals surface area contributed by atoms with E-state index in [-0.39, 0.29) is 5.91 Å². The van der Waals surface area contributed by atoms with Gasteiger partial charge >= 0.3 is 0 Å². The highest BCUT2D eigenvalue weighted by Crippen LogP contribution is 2.25. The Hall–Kier alpha value is -1.62. The van der Waals surface area contributed by atoms with Crippen LogP contribution in [0.3, 0.4) is 0 Å². The fourth-order valence-corrected chi connectivity index (χ4v) is 1.64. The Balaban J connectivity index is 1.91. The van der Waals surface area contributed by atoms with Gasteiger partial charge in [-0.2, -0.15) is 0 Å². The van der Waals surface area contributed by atoms with Gasteiger partial charge in [-0.1, -0.05) is 0 Å². The molecule has 1 aromatic rings. The first kappa shape index (κ1) is 12.8. The second-order valence-electron chi connectivity index (χ2n) is 4.42. The third-order valence-corrected chi connectivity index (χ3v) is 2.78. The number of carbonyl (C=O) groups is 1. The molecule has 0 unspecified atom stereocenters. The van der Waals surface area contributed by atoms with E-state index in [0.29, 0.717) is 30.6 Å². The van der Waals surface area contributed by atoms with Gasteiger partial charge in [-0.3, -0.25) is 4.79 Å². The number of anilines is 1. The molecule has 0 bridgehead atoms. The summed E-state index contributed by atoms with van der Waals surface area (Å²) < 4.78 is 4.94. The first-order valence-corrected chi connectivity index (χ1v) is 6.30. The number of carbonyl (C=O) groups excluding carboxylic acids is 1. The quantitative estimate of drug-likeness (QED) is 0.717. The summed E-state index contributed by atoms with van der Waals surface area (Å²) in [6.07, 6.45) is 4.83. The molecule has 5 heteroatoms. The molecule has 0 aromatic carbocycles. The molecule has 1 aromatic heterocycles. The van der Waals surface area contributed by atoms with Crippen LogP contribution in [0.25, 0.3) is 0 Å². The number of ether oxygens (including phenoxy) is 1. The Morgan fingerprint density at radius 2 is 2.39 bits per heavy atom. The molecule has 2 rings (SSSR count). The van der Waals surface area contributed by atoms with Crippen LogP contribution in [0.5, 0.6) is 0 Å². The van der Waals surface area contributed by atoms with Gasteiger partial charge in [-0.15, -0.1) is 0 Å². The number of aromatic nitrogens is 1. The molecule has 98 valence electrons. The Morgan fingerprint density at radius 3 is 3.11 bits per heavy atom. The number of rotatable bonds is 7. The maximum absolute atomic E-state index is 12.0. The van der Waals surface area contributed by atoms with Crippen molar-refractivity contribution < 1.29 is 9.53 Å². The summed E-state index contributed by atoms with van der Waals surface area (Å²) in [6.45, 7) is 1.27. The van der Waals surface area contributed by atoms with Crippen LogP contribution in [0, 0.1) is 0 Å². The lowest BCUT2D eigenvalue weighted by molar-refractivity contribution is 0.0949. The molecule has 1 fully saturated rings. The van der Waals surface area contributed by atoms with Gasteiger partial charge < -0.3 is 15.4 Å². The summed E-state index contributed by atoms with van der Waals surface area (Å²) in [6, 6.07) is 4.06. The average molecular weight is 249 g/mol. The van der Waals surface area contributed by atoms with Crippen molar-refractivity contribution in [3.63, 3.8) is 0 Å². The summed E-state index contributed by atoms with van der Waals surface area (Å²) in [5.41, 5.74) is 0.613. The van der Waals surface area contributed by atoms with Gasteiger partial charge in [0.15, 0.2) is 0 Å². The van der Waals surface area contributed by atoms with E-state index in [4.69, 9.17) is 4.74 Å². The number of amides is 1. The Bertz CT molecular complexity index is 405. The first-order chi connectivity index (χ1) is 8.81. The third-order valence-electron chi connectivity index (χ3n) is 2.78. The fourth-order valence-electron chi connectivity index (χ4n) is 1.64. The van der Waals surface area contributed by atoms with Crippen LogP contribution >= 0.6 is 0 Å². The lowest BCUT2D eigenvalue weighted by Crippen LogP contribution is -2.26. The first-order valence-electron chi connectivity index (χ1n) is 6.30. The molecular weight excluding hydrogens is 230 g/mol. The van der Waals surface area contributed by atoms with Gasteiger partial charge in [-0.25, -0.2) is 4.98 Å². The summed E-state index contributed by atoms with van der Waals surface area (Å²) >= 11 is 0. The zero-order valence-electron chi connectivity index (χ0n) is 10.6. The number of nitrogens with one attached hydrogen (secondary N) is 2. The van der Waals surface area contributed by atoms with Crippen molar-refractivity contribution in [3.05, 3.63) is 23.9 Å². The Kier molecular flexibility index (Phi) is 4.52. The molecule has 0 saturated heterocycles. The minimum atomic E-state index is -0.0812. The maximum Gasteiger partial charge on any atom is 0.255 e. The molecule has 2 N–H and O–H groups in total. The van der Waals surface area contributed by atoms with Crippen molar-refractivity contribution in [1.29, 1.82) is 0 Å². The number of hydrogen-bond donors (Lipinski definition) is 2. The van der Waals surface area contributed by atoms with E-state index in [1.54, 1.807) is 25.4 Å². The Labute approximate surface area is 107 Å². The van der Waals surface area contributed by atoms with E-state index in [1.807, 2.05) is 0 Å². The normalized spacial score (nSPS) is 14.3. The van der Waals surface area contributed by atoms with E-state index in [0.717, 1.165) is 19.3 Å². The van der Waals surface area contributed by atoms with E-state index in [1.165, 1.54) is 0 Å². The molecule has 1 aliphatic carbocycles. The molecule has 1 heterocycles. The number of nitrogens with zero attached hydrogens (tertiary/aromatic N) is 1. The van der Waals surface area contributed by atoms with Crippen LogP contribution in [0.1, 0.15) is 29.6 Å². The van der Waals surface area contributed by atoms with E-state index >= 15 is 0 Å². The molecule has 18 heavy (non-hydrogen) atoms. The molecule has 0 aliphatic heterocycles. The number of hydrogen-bond acceptors (Lipinski definition) is 4. The number of pyridine rings is 1. The highest BCUT2D eigenvalue weighted by Gasteiger charge is 2.23. The molecule has 0 atom stereocenters. The highest BCUT2D eigenvalue weighted by molar-refractivity contribution is 5.98. The lowest BCUT2D eigenvalue weighted by Gasteiger charge is -2.10. The second kappa shape index (κ2) is 6.35. The van der Waals surface area contributed by atoms with Crippen LogP contribution in [-0.2, 0) is 4.74 Å². The smallest absolute Gasteiger partial charge is 0.255 e. The Morgan fingerprint density at radius 1 is 1.56 bits per heavy atom. The average Bonchev–Trinajstić information content (AvgIpc) is 3.19. The van der Waals surface area contributed by atoms with E-state index < -0.39 is 0 Å². The third kappa shape index (κ3) is 3.70. The maximum atomic E-state index is 12.0. The number of methoxy groups -OCH3 is 1. The molecule has 1 saturated carbocycles. The van der Waals surface area contributed by atoms with Gasteiger partial charge in [0.25, 0.3) is 5.91 Å². The standard InChI is InChI=1S/C13H19N3O2/c1-18-9-3-8-15-13(17)11-4-2-7-14-12(11)16-10-5-6-10/h2,4,7,10H,3,5-6,8-9H2,1H3,(H,14,16)(H,15,17). The predicted molar refractivity (Wildman–Crippen MR) is 69.7 cm³/mol. The van der Waals surface area contributed by atoms with Crippen LogP contribution in [0.15, 0.2) is 18.3 Å². The molecule has 0 radical (unpaired) electrons. The van der Waals surface area contributed by atoms with Crippen LogP contribution < -0.4 is 10.6 Å². The zero-order valence-corrected chi connectivity index (χ0v) is 10.6. The van der Waals surface area contributed by atoms with Crippen molar-refractivity contribution in [2.45, 2.75) is 25.3 Å².